The van der Waals surface area contributed by atoms with E-state index in [1.807, 2.05) is 18.4 Å². The Kier molecular flexibility index (Phi) is 2.30. The fourth-order valence-corrected chi connectivity index (χ4v) is 1.06. The molecule has 0 spiro atoms. The van der Waals surface area contributed by atoms with Crippen molar-refractivity contribution < 1.29 is 0 Å². The summed E-state index contributed by atoms with van der Waals surface area (Å²) in [4.78, 5) is 4.21. The highest BCUT2D eigenvalue weighted by molar-refractivity contribution is 7.98. The molecule has 2 nitrogen and oxygen atoms in total. The lowest BCUT2D eigenvalue weighted by Crippen LogP contribution is -1.65. The molecule has 3 heteroatoms. The average Bonchev–Trinajstić information content (AvgIpc) is 2.05. The van der Waals surface area contributed by atoms with Gasteiger partial charge in [-0.3, -0.25) is 0 Å². The largest absolute Gasteiger partial charge is 0.385 e. The van der Waals surface area contributed by atoms with Gasteiger partial charge in [0.25, 0.3) is 0 Å². The molecule has 0 aliphatic rings. The van der Waals surface area contributed by atoms with E-state index in [0.29, 0.717) is 5.69 Å². The molecule has 0 atom stereocenters. The molecule has 0 unspecified atom stereocenters. The highest BCUT2D eigenvalue weighted by Crippen LogP contribution is 2.18. The van der Waals surface area contributed by atoms with Crippen molar-refractivity contribution in [2.24, 2.45) is 0 Å². The van der Waals surface area contributed by atoms with Crippen LogP contribution in [0.2, 0.25) is 0 Å². The number of nitrogens with zero attached hydrogens (tertiary/aromatic N) is 2. The molecule has 0 aromatic heterocycles. The monoisotopic (exact) mass is 151 g/mol. The first-order chi connectivity index (χ1) is 4.86. The lowest BCUT2D eigenvalue weighted by atomic mass is 10.3. The number of diazo groups is 1. The molecule has 1 aromatic carbocycles. The second kappa shape index (κ2) is 3.23. The Morgan fingerprint density at radius 3 is 2.30 bits per heavy atom. The molecule has 0 aliphatic carbocycles. The zero-order valence-corrected chi connectivity index (χ0v) is 6.43. The summed E-state index contributed by atoms with van der Waals surface area (Å²) in [6.45, 7) is 0. The fourth-order valence-electron chi connectivity index (χ4n) is 0.649. The third-order valence-corrected chi connectivity index (χ3v) is 1.93. The van der Waals surface area contributed by atoms with E-state index >= 15 is 0 Å². The van der Waals surface area contributed by atoms with E-state index in [1.165, 1.54) is 4.90 Å². The molecule has 0 aliphatic heterocycles. The molecule has 0 saturated carbocycles. The second-order valence-electron chi connectivity index (χ2n) is 1.80. The summed E-state index contributed by atoms with van der Waals surface area (Å²) in [5.41, 5.74) is 0.595. The quantitative estimate of drug-likeness (QED) is 0.456. The van der Waals surface area contributed by atoms with Gasteiger partial charge in [-0.05, 0) is 18.4 Å². The SMILES string of the molecule is CSc1ccc([N+]#N)cc1. The minimum absolute atomic E-state index is 0.595. The van der Waals surface area contributed by atoms with E-state index in [1.54, 1.807) is 23.9 Å². The van der Waals surface area contributed by atoms with Gasteiger partial charge in [0.1, 0.15) is 0 Å². The molecule has 0 amide bonds. The zero-order valence-electron chi connectivity index (χ0n) is 5.61. The van der Waals surface area contributed by atoms with Crippen molar-refractivity contribution in [2.75, 3.05) is 6.26 Å². The molecule has 1 aromatic rings. The number of hydrogen-bond donors (Lipinski definition) is 0. The molecule has 0 saturated heterocycles. The van der Waals surface area contributed by atoms with E-state index in [9.17, 15) is 0 Å². The van der Waals surface area contributed by atoms with Crippen LogP contribution in [0.1, 0.15) is 0 Å². The van der Waals surface area contributed by atoms with Gasteiger partial charge in [-0.1, -0.05) is 0 Å². The third-order valence-electron chi connectivity index (χ3n) is 1.19. The molecular weight excluding hydrogens is 144 g/mol. The second-order valence-corrected chi connectivity index (χ2v) is 2.68. The first-order valence-corrected chi connectivity index (χ1v) is 4.08. The van der Waals surface area contributed by atoms with Crippen molar-refractivity contribution in [1.82, 2.24) is 0 Å². The first kappa shape index (κ1) is 7.10. The predicted molar refractivity (Wildman–Crippen MR) is 43.0 cm³/mol. The Balaban J connectivity index is 2.93. The van der Waals surface area contributed by atoms with Crippen molar-refractivity contribution in [3.8, 4) is 0 Å². The van der Waals surface area contributed by atoms with E-state index in [4.69, 9.17) is 5.39 Å². The van der Waals surface area contributed by atoms with Gasteiger partial charge in [-0.25, -0.2) is 0 Å². The van der Waals surface area contributed by atoms with E-state index in [0.717, 1.165) is 0 Å². The maximum Gasteiger partial charge on any atom is 0.385 e. The summed E-state index contributed by atoms with van der Waals surface area (Å²) in [6.07, 6.45) is 2.01. The van der Waals surface area contributed by atoms with Crippen molar-refractivity contribution in [2.45, 2.75) is 4.90 Å². The van der Waals surface area contributed by atoms with Gasteiger partial charge in [0.15, 0.2) is 4.98 Å². The van der Waals surface area contributed by atoms with E-state index < -0.39 is 0 Å². The van der Waals surface area contributed by atoms with Crippen LogP contribution in [0.25, 0.3) is 4.98 Å². The Morgan fingerprint density at radius 2 is 1.90 bits per heavy atom. The van der Waals surface area contributed by atoms with Crippen molar-refractivity contribution in [3.05, 3.63) is 29.2 Å². The molecule has 1 rings (SSSR count). The molecule has 10 heavy (non-hydrogen) atoms. The molecule has 0 fully saturated rings. The third kappa shape index (κ3) is 1.49. The van der Waals surface area contributed by atoms with Crippen LogP contribution in [-0.2, 0) is 0 Å². The van der Waals surface area contributed by atoms with Crippen LogP contribution in [0.4, 0.5) is 5.69 Å². The van der Waals surface area contributed by atoms with Gasteiger partial charge >= 0.3 is 5.69 Å². The maximum absolute atomic E-state index is 8.32. The predicted octanol–water partition coefficient (Wildman–Crippen LogP) is 2.89. The molecule has 0 N–H and O–H groups in total. The van der Waals surface area contributed by atoms with Crippen LogP contribution in [0.5, 0.6) is 0 Å². The number of thioether (sulfide) groups is 1. The number of rotatable bonds is 1. The van der Waals surface area contributed by atoms with Gasteiger partial charge in [-0.15, -0.1) is 11.8 Å². The topological polar surface area (TPSA) is 28.1 Å². The lowest BCUT2D eigenvalue weighted by Gasteiger charge is -1.88. The number of hydrogen-bond acceptors (Lipinski definition) is 2. The summed E-state index contributed by atoms with van der Waals surface area (Å²) in [6, 6.07) is 7.37. The number of benzene rings is 1. The van der Waals surface area contributed by atoms with Crippen LogP contribution in [0.15, 0.2) is 29.2 Å². The molecule has 0 bridgehead atoms. The molecule has 50 valence electrons. The van der Waals surface area contributed by atoms with Crippen LogP contribution in [0.3, 0.4) is 0 Å². The fraction of sp³-hybridized carbons (Fsp3) is 0.143. The summed E-state index contributed by atoms with van der Waals surface area (Å²) in [7, 11) is 0. The van der Waals surface area contributed by atoms with Gasteiger partial charge in [0.2, 0.25) is 5.39 Å². The van der Waals surface area contributed by atoms with E-state index in [-0.39, 0.29) is 0 Å². The maximum atomic E-state index is 8.32. The van der Waals surface area contributed by atoms with E-state index in [2.05, 4.69) is 4.98 Å². The standard InChI is InChI=1S/C7H7N2S/c1-10-7-4-2-6(9-8)3-5-7/h2-5H,1H3/q+1. The molecule has 0 radical (unpaired) electrons. The average molecular weight is 151 g/mol. The van der Waals surface area contributed by atoms with Gasteiger partial charge in [-0.2, -0.15) is 0 Å². The Labute approximate surface area is 63.9 Å². The minimum Gasteiger partial charge on any atom is -0.130 e. The Morgan fingerprint density at radius 1 is 1.30 bits per heavy atom. The Bertz CT molecular complexity index is 247. The highest BCUT2D eigenvalue weighted by atomic mass is 32.2. The van der Waals surface area contributed by atoms with Gasteiger partial charge in [0.05, 0.1) is 0 Å². The smallest absolute Gasteiger partial charge is 0.130 e. The van der Waals surface area contributed by atoms with Crippen LogP contribution < -0.4 is 0 Å². The zero-order chi connectivity index (χ0) is 7.40. The van der Waals surface area contributed by atoms with Crippen molar-refractivity contribution in [1.29, 1.82) is 5.39 Å². The van der Waals surface area contributed by atoms with Gasteiger partial charge in [0, 0.05) is 17.0 Å². The Hall–Kier alpha value is -1.01. The minimum atomic E-state index is 0.595. The lowest BCUT2D eigenvalue weighted by molar-refractivity contribution is 1.43. The van der Waals surface area contributed by atoms with Crippen molar-refractivity contribution in [3.63, 3.8) is 0 Å². The van der Waals surface area contributed by atoms with Gasteiger partial charge < -0.3 is 0 Å². The van der Waals surface area contributed by atoms with Crippen LogP contribution in [0, 0.1) is 5.39 Å². The van der Waals surface area contributed by atoms with Crippen LogP contribution in [-0.4, -0.2) is 6.26 Å². The summed E-state index contributed by atoms with van der Waals surface area (Å²) in [5.74, 6) is 0. The highest BCUT2D eigenvalue weighted by Gasteiger charge is 2.00. The summed E-state index contributed by atoms with van der Waals surface area (Å²) < 4.78 is 0. The summed E-state index contributed by atoms with van der Waals surface area (Å²) in [5, 5.41) is 8.32. The normalized spacial score (nSPS) is 8.80. The summed E-state index contributed by atoms with van der Waals surface area (Å²) >= 11 is 1.66. The van der Waals surface area contributed by atoms with Crippen LogP contribution >= 0.6 is 11.8 Å². The first-order valence-electron chi connectivity index (χ1n) is 2.86. The molecular formula is C7H7N2S+. The van der Waals surface area contributed by atoms with Crippen molar-refractivity contribution >= 4 is 17.4 Å². The molecule has 0 heterocycles.